The maximum Gasteiger partial charge on any atom is 0.377 e. The topological polar surface area (TPSA) is 72.8 Å². The SMILES string of the molecule is CC(F)(F)C(=O)OCC(=O)OC12CC3CC(C1)C(C2)C3O. The van der Waals surface area contributed by atoms with Gasteiger partial charge in [-0.2, -0.15) is 8.78 Å². The van der Waals surface area contributed by atoms with Gasteiger partial charge in [0.25, 0.3) is 0 Å². The van der Waals surface area contributed by atoms with Crippen molar-refractivity contribution in [2.24, 2.45) is 17.8 Å². The molecule has 4 bridgehead atoms. The van der Waals surface area contributed by atoms with Crippen LogP contribution in [0, 0.1) is 17.8 Å². The number of hydrogen-bond acceptors (Lipinski definition) is 5. The first-order valence-corrected chi connectivity index (χ1v) is 7.15. The molecule has 4 aliphatic rings. The Morgan fingerprint density at radius 1 is 1.29 bits per heavy atom. The number of rotatable bonds is 4. The van der Waals surface area contributed by atoms with Crippen molar-refractivity contribution < 1.29 is 33.0 Å². The third-order valence-corrected chi connectivity index (χ3v) is 5.02. The number of aliphatic hydroxyl groups excluding tert-OH is 1. The van der Waals surface area contributed by atoms with Gasteiger partial charge in [-0.05, 0) is 43.4 Å². The van der Waals surface area contributed by atoms with Gasteiger partial charge in [-0.15, -0.1) is 0 Å². The Labute approximate surface area is 120 Å². The van der Waals surface area contributed by atoms with E-state index in [1.54, 1.807) is 0 Å². The zero-order chi connectivity index (χ0) is 15.4. The number of carbonyl (C=O) groups excluding carboxylic acids is 2. The van der Waals surface area contributed by atoms with Crippen molar-refractivity contribution in [1.82, 2.24) is 0 Å². The Morgan fingerprint density at radius 2 is 1.95 bits per heavy atom. The van der Waals surface area contributed by atoms with E-state index >= 15 is 0 Å². The molecule has 0 aromatic carbocycles. The van der Waals surface area contributed by atoms with Crippen molar-refractivity contribution in [2.75, 3.05) is 6.61 Å². The normalized spacial score (nSPS) is 40.4. The first kappa shape index (κ1) is 14.7. The summed E-state index contributed by atoms with van der Waals surface area (Å²) in [5.41, 5.74) is -0.601. The standard InChI is InChI=1S/C14H18F2O5/c1-13(15,16)12(19)20-6-10(17)21-14-3-7-2-8(4-14)11(18)9(7)5-14/h7-9,11,18H,2-6H2,1H3. The average molecular weight is 304 g/mol. The molecule has 4 saturated carbocycles. The molecule has 5 unspecified atom stereocenters. The molecule has 21 heavy (non-hydrogen) atoms. The van der Waals surface area contributed by atoms with E-state index in [-0.39, 0.29) is 17.9 Å². The van der Waals surface area contributed by atoms with Gasteiger partial charge in [0.05, 0.1) is 6.10 Å². The Bertz CT molecular complexity index is 470. The molecule has 5 atom stereocenters. The summed E-state index contributed by atoms with van der Waals surface area (Å²) in [6.45, 7) is -0.385. The van der Waals surface area contributed by atoms with Gasteiger partial charge in [0, 0.05) is 6.92 Å². The minimum Gasteiger partial charge on any atom is -0.457 e. The molecule has 0 aromatic heterocycles. The van der Waals surface area contributed by atoms with Gasteiger partial charge in [-0.1, -0.05) is 0 Å². The van der Waals surface area contributed by atoms with Gasteiger partial charge >= 0.3 is 17.9 Å². The van der Waals surface area contributed by atoms with E-state index in [0.717, 1.165) is 6.42 Å². The Morgan fingerprint density at radius 3 is 2.52 bits per heavy atom. The average Bonchev–Trinajstić information content (AvgIpc) is 2.74. The van der Waals surface area contributed by atoms with Crippen LogP contribution in [0.25, 0.3) is 0 Å². The lowest BCUT2D eigenvalue weighted by Gasteiger charge is -2.39. The van der Waals surface area contributed by atoms with Crippen LogP contribution in [0.1, 0.15) is 32.6 Å². The summed E-state index contributed by atoms with van der Waals surface area (Å²) in [4.78, 5) is 22.6. The highest BCUT2D eigenvalue weighted by molar-refractivity contribution is 5.80. The van der Waals surface area contributed by atoms with Crippen LogP contribution in [0.15, 0.2) is 0 Å². The summed E-state index contributed by atoms with van der Waals surface area (Å²) >= 11 is 0. The molecular weight excluding hydrogens is 286 g/mol. The fraction of sp³-hybridized carbons (Fsp3) is 0.857. The lowest BCUT2D eigenvalue weighted by molar-refractivity contribution is -0.184. The highest BCUT2D eigenvalue weighted by Crippen LogP contribution is 2.61. The third kappa shape index (κ3) is 2.52. The number of ether oxygens (including phenoxy) is 2. The van der Waals surface area contributed by atoms with Crippen molar-refractivity contribution in [3.05, 3.63) is 0 Å². The number of halogens is 2. The van der Waals surface area contributed by atoms with E-state index in [1.807, 2.05) is 0 Å². The van der Waals surface area contributed by atoms with Gasteiger partial charge < -0.3 is 14.6 Å². The molecule has 4 aliphatic carbocycles. The molecule has 5 nitrogen and oxygen atoms in total. The number of alkyl halides is 2. The summed E-state index contributed by atoms with van der Waals surface area (Å²) in [5.74, 6) is -5.47. The minimum atomic E-state index is -3.62. The zero-order valence-electron chi connectivity index (χ0n) is 11.7. The molecule has 0 aliphatic heterocycles. The minimum absolute atomic E-state index is 0.151. The van der Waals surface area contributed by atoms with Crippen LogP contribution in [0.5, 0.6) is 0 Å². The molecule has 4 rings (SSSR count). The van der Waals surface area contributed by atoms with Crippen molar-refractivity contribution in [3.8, 4) is 0 Å². The van der Waals surface area contributed by atoms with Gasteiger partial charge in [0.1, 0.15) is 5.60 Å². The van der Waals surface area contributed by atoms with Gasteiger partial charge in [-0.3, -0.25) is 0 Å². The smallest absolute Gasteiger partial charge is 0.377 e. The van der Waals surface area contributed by atoms with Crippen molar-refractivity contribution in [2.45, 2.75) is 50.2 Å². The maximum atomic E-state index is 12.6. The number of aliphatic hydroxyl groups is 1. The van der Waals surface area contributed by atoms with Gasteiger partial charge in [0.15, 0.2) is 6.61 Å². The molecule has 118 valence electrons. The molecule has 0 spiro atoms. The lowest BCUT2D eigenvalue weighted by Crippen LogP contribution is -2.44. The third-order valence-electron chi connectivity index (χ3n) is 5.02. The molecule has 4 fully saturated rings. The quantitative estimate of drug-likeness (QED) is 0.792. The number of esters is 2. The Balaban J connectivity index is 1.54. The van der Waals surface area contributed by atoms with Crippen LogP contribution in [-0.2, 0) is 19.1 Å². The zero-order valence-corrected chi connectivity index (χ0v) is 11.7. The predicted molar refractivity (Wildman–Crippen MR) is 65.3 cm³/mol. The summed E-state index contributed by atoms with van der Waals surface area (Å²) in [6.07, 6.45) is 2.56. The van der Waals surface area contributed by atoms with Gasteiger partial charge in [0.2, 0.25) is 0 Å². The van der Waals surface area contributed by atoms with Crippen LogP contribution in [0.4, 0.5) is 8.78 Å². The second kappa shape index (κ2) is 4.63. The molecule has 0 amide bonds. The first-order chi connectivity index (χ1) is 9.70. The fourth-order valence-corrected chi connectivity index (χ4v) is 4.34. The maximum absolute atomic E-state index is 12.6. The fourth-order valence-electron chi connectivity index (χ4n) is 4.34. The highest BCUT2D eigenvalue weighted by atomic mass is 19.3. The second-order valence-corrected chi connectivity index (χ2v) is 6.64. The van der Waals surface area contributed by atoms with E-state index in [9.17, 15) is 23.5 Å². The highest BCUT2D eigenvalue weighted by Gasteiger charge is 2.62. The number of hydrogen-bond donors (Lipinski definition) is 1. The predicted octanol–water partition coefficient (Wildman–Crippen LogP) is 1.28. The van der Waals surface area contributed by atoms with Gasteiger partial charge in [-0.25, -0.2) is 9.59 Å². The molecule has 0 radical (unpaired) electrons. The van der Waals surface area contributed by atoms with Crippen LogP contribution in [0.2, 0.25) is 0 Å². The Kier molecular flexibility index (Phi) is 3.24. The molecule has 0 heterocycles. The summed E-state index contributed by atoms with van der Waals surface area (Å²) in [6, 6.07) is 0. The summed E-state index contributed by atoms with van der Waals surface area (Å²) < 4.78 is 34.9. The summed E-state index contributed by atoms with van der Waals surface area (Å²) in [5, 5.41) is 10.0. The van der Waals surface area contributed by atoms with Crippen molar-refractivity contribution >= 4 is 11.9 Å². The summed E-state index contributed by atoms with van der Waals surface area (Å²) in [7, 11) is 0. The van der Waals surface area contributed by atoms with Crippen LogP contribution in [0.3, 0.4) is 0 Å². The monoisotopic (exact) mass is 304 g/mol. The van der Waals surface area contributed by atoms with E-state index in [0.29, 0.717) is 32.1 Å². The number of carbonyl (C=O) groups is 2. The van der Waals surface area contributed by atoms with E-state index < -0.39 is 30.1 Å². The molecule has 0 saturated heterocycles. The first-order valence-electron chi connectivity index (χ1n) is 7.15. The molecule has 1 N–H and O–H groups in total. The van der Waals surface area contributed by atoms with Crippen LogP contribution < -0.4 is 0 Å². The molecular formula is C14H18F2O5. The van der Waals surface area contributed by atoms with Crippen molar-refractivity contribution in [1.29, 1.82) is 0 Å². The lowest BCUT2D eigenvalue weighted by atomic mass is 9.77. The van der Waals surface area contributed by atoms with Crippen LogP contribution >= 0.6 is 0 Å². The second-order valence-electron chi connectivity index (χ2n) is 6.64. The largest absolute Gasteiger partial charge is 0.457 e. The van der Waals surface area contributed by atoms with E-state index in [2.05, 4.69) is 4.74 Å². The van der Waals surface area contributed by atoms with E-state index in [1.165, 1.54) is 0 Å². The molecule has 7 heteroatoms. The van der Waals surface area contributed by atoms with Crippen molar-refractivity contribution in [3.63, 3.8) is 0 Å². The van der Waals surface area contributed by atoms with E-state index in [4.69, 9.17) is 4.74 Å². The Hall–Kier alpha value is -1.24. The molecule has 0 aromatic rings. The van der Waals surface area contributed by atoms with Crippen LogP contribution in [-0.4, -0.2) is 41.3 Å².